The van der Waals surface area contributed by atoms with E-state index in [-0.39, 0.29) is 12.4 Å². The molecule has 0 N–H and O–H groups in total. The van der Waals surface area contributed by atoms with Crippen molar-refractivity contribution < 1.29 is 28.2 Å². The number of carbonyl (C=O) groups excluding carboxylic acids is 3. The minimum absolute atomic E-state index is 0.283. The minimum Gasteiger partial charge on any atom is -0.489 e. The van der Waals surface area contributed by atoms with Crippen molar-refractivity contribution in [3.05, 3.63) is 65.5 Å². The quantitative estimate of drug-likeness (QED) is 0.404. The molecule has 1 amide bonds. The molecule has 0 atom stereocenters. The number of ether oxygens (including phenoxy) is 2. The van der Waals surface area contributed by atoms with Crippen LogP contribution in [-0.2, 0) is 32.3 Å². The molecular formula is C20H20FNO5. The van der Waals surface area contributed by atoms with Crippen LogP contribution in [0.3, 0.4) is 0 Å². The van der Waals surface area contributed by atoms with Crippen molar-refractivity contribution >= 4 is 17.7 Å². The van der Waals surface area contributed by atoms with E-state index < -0.39 is 24.1 Å². The molecule has 0 aliphatic rings. The molecule has 142 valence electrons. The average Bonchev–Trinajstić information content (AvgIpc) is 2.67. The zero-order valence-corrected chi connectivity index (χ0v) is 15.1. The Kier molecular flexibility index (Phi) is 7.05. The summed E-state index contributed by atoms with van der Waals surface area (Å²) in [5.41, 5.74) is 1.69. The topological polar surface area (TPSA) is 72.9 Å². The molecule has 0 aliphatic heterocycles. The van der Waals surface area contributed by atoms with E-state index >= 15 is 0 Å². The fraction of sp³-hybridized carbons (Fsp3) is 0.250. The minimum atomic E-state index is -1.03. The Bertz CT molecular complexity index is 802. The van der Waals surface area contributed by atoms with Crippen molar-refractivity contribution in [1.82, 2.24) is 4.90 Å². The van der Waals surface area contributed by atoms with Gasteiger partial charge in [0.05, 0.1) is 13.5 Å². The number of Topliss-reactive ketones (excluding diaryl/α,β-unsaturated/α-hetero) is 1. The molecule has 0 fully saturated rings. The normalized spacial score (nSPS) is 10.2. The van der Waals surface area contributed by atoms with E-state index in [2.05, 4.69) is 4.74 Å². The average molecular weight is 373 g/mol. The number of ketones is 1. The van der Waals surface area contributed by atoms with Gasteiger partial charge in [-0.1, -0.05) is 24.3 Å². The second kappa shape index (κ2) is 9.47. The van der Waals surface area contributed by atoms with E-state index in [9.17, 15) is 18.8 Å². The van der Waals surface area contributed by atoms with Gasteiger partial charge >= 0.3 is 5.97 Å². The zero-order chi connectivity index (χ0) is 19.8. The van der Waals surface area contributed by atoms with Gasteiger partial charge in [0.1, 0.15) is 18.2 Å². The molecule has 2 aromatic rings. The highest BCUT2D eigenvalue weighted by Gasteiger charge is 2.20. The second-order valence-electron chi connectivity index (χ2n) is 5.90. The lowest BCUT2D eigenvalue weighted by Crippen LogP contribution is -2.30. The summed E-state index contributed by atoms with van der Waals surface area (Å²) in [4.78, 5) is 35.8. The van der Waals surface area contributed by atoms with Crippen LogP contribution in [0.5, 0.6) is 5.75 Å². The monoisotopic (exact) mass is 373 g/mol. The molecule has 0 aromatic heterocycles. The predicted octanol–water partition coefficient (Wildman–Crippen LogP) is 2.50. The van der Waals surface area contributed by atoms with E-state index in [1.165, 1.54) is 17.0 Å². The maximum atomic E-state index is 12.9. The number of carbonyl (C=O) groups is 3. The second-order valence-corrected chi connectivity index (χ2v) is 5.90. The van der Waals surface area contributed by atoms with Gasteiger partial charge in [0, 0.05) is 13.6 Å². The Morgan fingerprint density at radius 1 is 0.963 bits per heavy atom. The number of esters is 1. The number of rotatable bonds is 8. The fourth-order valence-electron chi connectivity index (χ4n) is 2.26. The van der Waals surface area contributed by atoms with Crippen LogP contribution in [0.4, 0.5) is 4.39 Å². The Morgan fingerprint density at radius 3 is 2.15 bits per heavy atom. The highest BCUT2D eigenvalue weighted by atomic mass is 19.1. The first-order valence-corrected chi connectivity index (χ1v) is 8.20. The standard InChI is InChI=1S/C20H20FNO5/c1-22(19(24)11-18(23)20(25)26-2)12-14-5-9-17(10-6-14)27-13-15-3-7-16(21)8-4-15/h3-10H,11-13H2,1-2H3. The van der Waals surface area contributed by atoms with Crippen LogP contribution in [0, 0.1) is 5.82 Å². The van der Waals surface area contributed by atoms with Crippen LogP contribution in [0.2, 0.25) is 0 Å². The third-order valence-electron chi connectivity index (χ3n) is 3.81. The van der Waals surface area contributed by atoms with Gasteiger partial charge in [-0.15, -0.1) is 0 Å². The lowest BCUT2D eigenvalue weighted by Gasteiger charge is -2.17. The van der Waals surface area contributed by atoms with E-state index in [0.29, 0.717) is 12.4 Å². The third-order valence-corrected chi connectivity index (χ3v) is 3.81. The first kappa shape index (κ1) is 20.1. The lowest BCUT2D eigenvalue weighted by molar-refractivity contribution is -0.153. The Morgan fingerprint density at radius 2 is 1.56 bits per heavy atom. The summed E-state index contributed by atoms with van der Waals surface area (Å²) >= 11 is 0. The molecule has 0 spiro atoms. The van der Waals surface area contributed by atoms with Crippen molar-refractivity contribution in [1.29, 1.82) is 0 Å². The maximum absolute atomic E-state index is 12.9. The van der Waals surface area contributed by atoms with Crippen molar-refractivity contribution in [2.24, 2.45) is 0 Å². The number of benzene rings is 2. The van der Waals surface area contributed by atoms with Crippen LogP contribution in [-0.4, -0.2) is 36.7 Å². The van der Waals surface area contributed by atoms with Crippen LogP contribution in [0.25, 0.3) is 0 Å². The summed E-state index contributed by atoms with van der Waals surface area (Å²) in [6, 6.07) is 13.2. The van der Waals surface area contributed by atoms with Gasteiger partial charge in [-0.3, -0.25) is 9.59 Å². The molecule has 2 aromatic carbocycles. The molecule has 0 bridgehead atoms. The molecule has 7 heteroatoms. The number of hydrogen-bond donors (Lipinski definition) is 0. The van der Waals surface area contributed by atoms with E-state index in [1.807, 2.05) is 0 Å². The van der Waals surface area contributed by atoms with Gasteiger partial charge in [-0.25, -0.2) is 9.18 Å². The van der Waals surface area contributed by atoms with Crippen molar-refractivity contribution in [3.8, 4) is 5.75 Å². The molecule has 0 aliphatic carbocycles. The SMILES string of the molecule is COC(=O)C(=O)CC(=O)N(C)Cc1ccc(OCc2ccc(F)cc2)cc1. The zero-order valence-electron chi connectivity index (χ0n) is 15.1. The van der Waals surface area contributed by atoms with Gasteiger partial charge in [-0.2, -0.15) is 0 Å². The molecule has 0 saturated heterocycles. The highest BCUT2D eigenvalue weighted by Crippen LogP contribution is 2.16. The maximum Gasteiger partial charge on any atom is 0.374 e. The summed E-state index contributed by atoms with van der Waals surface area (Å²) < 4.78 is 22.8. The Labute approximate surface area is 156 Å². The molecule has 0 heterocycles. The van der Waals surface area contributed by atoms with Gasteiger partial charge in [-0.05, 0) is 35.4 Å². The number of methoxy groups -OCH3 is 1. The molecule has 0 radical (unpaired) electrons. The van der Waals surface area contributed by atoms with Crippen molar-refractivity contribution in [2.75, 3.05) is 14.2 Å². The summed E-state index contributed by atoms with van der Waals surface area (Å²) in [6.07, 6.45) is -0.526. The predicted molar refractivity (Wildman–Crippen MR) is 95.3 cm³/mol. The molecule has 6 nitrogen and oxygen atoms in total. The molecule has 0 unspecified atom stereocenters. The van der Waals surface area contributed by atoms with Gasteiger partial charge in [0.25, 0.3) is 0 Å². The van der Waals surface area contributed by atoms with E-state index in [4.69, 9.17) is 4.74 Å². The molecular weight excluding hydrogens is 353 g/mol. The van der Waals surface area contributed by atoms with Gasteiger partial charge in [0.2, 0.25) is 11.7 Å². The molecule has 27 heavy (non-hydrogen) atoms. The Balaban J connectivity index is 1.85. The van der Waals surface area contributed by atoms with Crippen LogP contribution < -0.4 is 4.74 Å². The summed E-state index contributed by atoms with van der Waals surface area (Å²) in [7, 11) is 2.64. The van der Waals surface area contributed by atoms with E-state index in [1.54, 1.807) is 43.4 Å². The van der Waals surface area contributed by atoms with Gasteiger partial charge in [0.15, 0.2) is 0 Å². The lowest BCUT2D eigenvalue weighted by atomic mass is 10.2. The number of nitrogens with zero attached hydrogens (tertiary/aromatic N) is 1. The smallest absolute Gasteiger partial charge is 0.374 e. The summed E-state index contributed by atoms with van der Waals surface area (Å²) in [5.74, 6) is -2.03. The number of amides is 1. The van der Waals surface area contributed by atoms with Crippen molar-refractivity contribution in [3.63, 3.8) is 0 Å². The van der Waals surface area contributed by atoms with E-state index in [0.717, 1.165) is 18.2 Å². The fourth-order valence-corrected chi connectivity index (χ4v) is 2.26. The van der Waals surface area contributed by atoms with Crippen molar-refractivity contribution in [2.45, 2.75) is 19.6 Å². The Hall–Kier alpha value is -3.22. The first-order chi connectivity index (χ1) is 12.9. The molecule has 0 saturated carbocycles. The molecule has 2 rings (SSSR count). The first-order valence-electron chi connectivity index (χ1n) is 8.20. The van der Waals surface area contributed by atoms with Crippen LogP contribution in [0.15, 0.2) is 48.5 Å². The summed E-state index contributed by atoms with van der Waals surface area (Å²) in [5, 5.41) is 0. The highest BCUT2D eigenvalue weighted by molar-refractivity contribution is 6.36. The van der Waals surface area contributed by atoms with Gasteiger partial charge < -0.3 is 14.4 Å². The van der Waals surface area contributed by atoms with Crippen LogP contribution >= 0.6 is 0 Å². The van der Waals surface area contributed by atoms with Crippen LogP contribution in [0.1, 0.15) is 17.5 Å². The third kappa shape index (κ3) is 6.22. The number of halogens is 1. The summed E-state index contributed by atoms with van der Waals surface area (Å²) in [6.45, 7) is 0.596. The largest absolute Gasteiger partial charge is 0.489 e. The number of hydrogen-bond acceptors (Lipinski definition) is 5.